The Morgan fingerprint density at radius 3 is 2.70 bits per heavy atom. The lowest BCUT2D eigenvalue weighted by atomic mass is 10.2. The van der Waals surface area contributed by atoms with Crippen molar-refractivity contribution in [2.75, 3.05) is 32.8 Å². The van der Waals surface area contributed by atoms with Crippen molar-refractivity contribution >= 4 is 35.8 Å². The van der Waals surface area contributed by atoms with E-state index in [1.54, 1.807) is 24.3 Å². The summed E-state index contributed by atoms with van der Waals surface area (Å²) in [5, 5.41) is 9.12. The van der Waals surface area contributed by atoms with Crippen LogP contribution in [-0.4, -0.2) is 50.7 Å². The molecule has 0 spiro atoms. The highest BCUT2D eigenvalue weighted by molar-refractivity contribution is 6.33. The van der Waals surface area contributed by atoms with Crippen molar-refractivity contribution < 1.29 is 14.3 Å². The summed E-state index contributed by atoms with van der Waals surface area (Å²) >= 11 is 5.94. The topological polar surface area (TPSA) is 79.5 Å². The first-order chi connectivity index (χ1) is 10.7. The Morgan fingerprint density at radius 2 is 2.00 bits per heavy atom. The zero-order valence-corrected chi connectivity index (χ0v) is 14.2. The van der Waals surface area contributed by atoms with Gasteiger partial charge in [-0.1, -0.05) is 23.7 Å². The van der Waals surface area contributed by atoms with Crippen LogP contribution in [0.2, 0.25) is 5.02 Å². The van der Waals surface area contributed by atoms with Crippen molar-refractivity contribution in [3.63, 3.8) is 0 Å². The summed E-state index contributed by atoms with van der Waals surface area (Å²) in [5.74, 6) is -0.308. The first-order valence-corrected chi connectivity index (χ1v) is 7.65. The highest BCUT2D eigenvalue weighted by atomic mass is 35.5. The molecule has 1 aliphatic heterocycles. The van der Waals surface area contributed by atoms with Gasteiger partial charge in [0.25, 0.3) is 5.91 Å². The third-order valence-electron chi connectivity index (χ3n) is 3.28. The van der Waals surface area contributed by atoms with Crippen LogP contribution in [0.3, 0.4) is 0 Å². The first-order valence-electron chi connectivity index (χ1n) is 7.27. The van der Waals surface area contributed by atoms with Crippen molar-refractivity contribution in [1.82, 2.24) is 16.0 Å². The number of hydrogen-bond acceptors (Lipinski definition) is 4. The van der Waals surface area contributed by atoms with Gasteiger partial charge in [-0.2, -0.15) is 0 Å². The molecule has 23 heavy (non-hydrogen) atoms. The molecular formula is C15H21Cl2N3O3. The summed E-state index contributed by atoms with van der Waals surface area (Å²) in [4.78, 5) is 23.6. The van der Waals surface area contributed by atoms with Crippen molar-refractivity contribution in [2.24, 2.45) is 0 Å². The van der Waals surface area contributed by atoms with Crippen molar-refractivity contribution in [3.05, 3.63) is 34.9 Å². The van der Waals surface area contributed by atoms with Gasteiger partial charge in [-0.05, 0) is 12.1 Å². The number of amides is 2. The molecule has 1 aromatic rings. The molecule has 3 N–H and O–H groups in total. The number of hydrogen-bond donors (Lipinski definition) is 3. The molecular weight excluding hydrogens is 341 g/mol. The number of carbonyl (C=O) groups is 2. The van der Waals surface area contributed by atoms with Gasteiger partial charge in [0.15, 0.2) is 0 Å². The van der Waals surface area contributed by atoms with Crippen LogP contribution in [0.4, 0.5) is 0 Å². The number of ether oxygens (including phenoxy) is 1. The quantitative estimate of drug-likeness (QED) is 0.660. The van der Waals surface area contributed by atoms with E-state index in [1.165, 1.54) is 0 Å². The van der Waals surface area contributed by atoms with Crippen molar-refractivity contribution in [1.29, 1.82) is 0 Å². The van der Waals surface area contributed by atoms with E-state index in [4.69, 9.17) is 16.3 Å². The van der Waals surface area contributed by atoms with E-state index in [1.807, 2.05) is 0 Å². The molecule has 0 saturated carbocycles. The van der Waals surface area contributed by atoms with Gasteiger partial charge in [0.2, 0.25) is 5.91 Å². The number of morpholine rings is 1. The molecule has 1 saturated heterocycles. The van der Waals surface area contributed by atoms with Gasteiger partial charge >= 0.3 is 0 Å². The first kappa shape index (κ1) is 19.7. The van der Waals surface area contributed by atoms with E-state index < -0.39 is 0 Å². The van der Waals surface area contributed by atoms with Crippen molar-refractivity contribution in [3.8, 4) is 0 Å². The molecule has 1 aromatic carbocycles. The standard InChI is InChI=1S/C15H20ClN3O3.ClH/c16-13-4-2-1-3-12(13)15(21)19-6-5-18-14(20)9-11-10-22-8-7-17-11;/h1-4,11,17H,5-10H2,(H,18,20)(H,19,21);1H. The van der Waals surface area contributed by atoms with Crippen LogP contribution in [0.15, 0.2) is 24.3 Å². The monoisotopic (exact) mass is 361 g/mol. The molecule has 0 bridgehead atoms. The average Bonchev–Trinajstić information content (AvgIpc) is 2.53. The van der Waals surface area contributed by atoms with Gasteiger partial charge in [-0.25, -0.2) is 0 Å². The van der Waals surface area contributed by atoms with Crippen LogP contribution in [0.1, 0.15) is 16.8 Å². The fourth-order valence-electron chi connectivity index (χ4n) is 2.17. The minimum atomic E-state index is -0.248. The van der Waals surface area contributed by atoms with Crippen LogP contribution in [0.25, 0.3) is 0 Å². The molecule has 2 rings (SSSR count). The van der Waals surface area contributed by atoms with Crippen LogP contribution < -0.4 is 16.0 Å². The molecule has 1 unspecified atom stereocenters. The van der Waals surface area contributed by atoms with Gasteiger partial charge < -0.3 is 20.7 Å². The summed E-state index contributed by atoms with van der Waals surface area (Å²) in [6.07, 6.45) is 0.373. The van der Waals surface area contributed by atoms with Crippen LogP contribution in [-0.2, 0) is 9.53 Å². The third kappa shape index (κ3) is 6.74. The highest BCUT2D eigenvalue weighted by Crippen LogP contribution is 2.14. The highest BCUT2D eigenvalue weighted by Gasteiger charge is 2.16. The third-order valence-corrected chi connectivity index (χ3v) is 3.61. The Balaban J connectivity index is 0.00000264. The lowest BCUT2D eigenvalue weighted by Crippen LogP contribution is -2.45. The zero-order chi connectivity index (χ0) is 15.8. The van der Waals surface area contributed by atoms with E-state index in [-0.39, 0.29) is 30.3 Å². The number of halogens is 2. The molecule has 0 aliphatic carbocycles. The molecule has 1 aliphatic rings. The number of rotatable bonds is 6. The Hall–Kier alpha value is -1.34. The number of nitrogens with one attached hydrogen (secondary N) is 3. The largest absolute Gasteiger partial charge is 0.378 e. The van der Waals surface area contributed by atoms with Gasteiger partial charge in [-0.3, -0.25) is 9.59 Å². The maximum Gasteiger partial charge on any atom is 0.252 e. The second-order valence-electron chi connectivity index (χ2n) is 5.02. The molecule has 1 heterocycles. The van der Waals surface area contributed by atoms with E-state index >= 15 is 0 Å². The number of benzene rings is 1. The number of carbonyl (C=O) groups excluding carboxylic acids is 2. The molecule has 6 nitrogen and oxygen atoms in total. The van der Waals surface area contributed by atoms with Crippen LogP contribution >= 0.6 is 24.0 Å². The SMILES string of the molecule is Cl.O=C(CC1COCCN1)NCCNC(=O)c1ccccc1Cl. The van der Waals surface area contributed by atoms with Crippen LogP contribution in [0.5, 0.6) is 0 Å². The fourth-order valence-corrected chi connectivity index (χ4v) is 2.39. The van der Waals surface area contributed by atoms with E-state index in [9.17, 15) is 9.59 Å². The predicted octanol–water partition coefficient (Wildman–Crippen LogP) is 0.986. The lowest BCUT2D eigenvalue weighted by Gasteiger charge is -2.23. The summed E-state index contributed by atoms with van der Waals surface area (Å²) < 4.78 is 5.29. The normalized spacial score (nSPS) is 17.0. The molecule has 0 aromatic heterocycles. The van der Waals surface area contributed by atoms with Gasteiger partial charge in [0.1, 0.15) is 0 Å². The summed E-state index contributed by atoms with van der Waals surface area (Å²) in [6.45, 7) is 2.74. The maximum absolute atomic E-state index is 11.9. The molecule has 1 atom stereocenters. The molecule has 1 fully saturated rings. The molecule has 0 radical (unpaired) electrons. The Morgan fingerprint density at radius 1 is 1.26 bits per heavy atom. The fraction of sp³-hybridized carbons (Fsp3) is 0.467. The minimum Gasteiger partial charge on any atom is -0.378 e. The summed E-state index contributed by atoms with van der Waals surface area (Å²) in [7, 11) is 0. The summed E-state index contributed by atoms with van der Waals surface area (Å²) in [5.41, 5.74) is 0.430. The zero-order valence-electron chi connectivity index (χ0n) is 12.6. The molecule has 2 amide bonds. The predicted molar refractivity (Wildman–Crippen MR) is 91.3 cm³/mol. The van der Waals surface area contributed by atoms with E-state index in [0.29, 0.717) is 43.3 Å². The Labute approximate surface area is 146 Å². The minimum absolute atomic E-state index is 0. The second kappa shape index (κ2) is 10.4. The smallest absolute Gasteiger partial charge is 0.252 e. The van der Waals surface area contributed by atoms with Gasteiger partial charge in [0, 0.05) is 32.1 Å². The summed E-state index contributed by atoms with van der Waals surface area (Å²) in [6, 6.07) is 6.90. The molecule has 128 valence electrons. The van der Waals surface area contributed by atoms with Gasteiger partial charge in [-0.15, -0.1) is 12.4 Å². The van der Waals surface area contributed by atoms with Gasteiger partial charge in [0.05, 0.1) is 23.8 Å². The van der Waals surface area contributed by atoms with E-state index in [2.05, 4.69) is 16.0 Å². The van der Waals surface area contributed by atoms with Crippen molar-refractivity contribution in [2.45, 2.75) is 12.5 Å². The lowest BCUT2D eigenvalue weighted by molar-refractivity contribution is -0.122. The molecule has 8 heteroatoms. The maximum atomic E-state index is 11.9. The Bertz CT molecular complexity index is 522. The van der Waals surface area contributed by atoms with Crippen LogP contribution in [0, 0.1) is 0 Å². The Kier molecular flexibility index (Phi) is 8.94. The second-order valence-corrected chi connectivity index (χ2v) is 5.42. The van der Waals surface area contributed by atoms with E-state index in [0.717, 1.165) is 6.54 Å². The average molecular weight is 362 g/mol.